The molecule has 3 rings (SSSR count). The van der Waals surface area contributed by atoms with E-state index in [0.717, 1.165) is 26.9 Å². The largest absolute Gasteiger partial charge is 0.416 e. The van der Waals surface area contributed by atoms with E-state index in [0.29, 0.717) is 11.4 Å². The predicted octanol–water partition coefficient (Wildman–Crippen LogP) is 3.95. The summed E-state index contributed by atoms with van der Waals surface area (Å²) in [5.74, 6) is -0.771. The summed E-state index contributed by atoms with van der Waals surface area (Å²) >= 11 is 6.18. The lowest BCUT2D eigenvalue weighted by molar-refractivity contribution is -0.137. The summed E-state index contributed by atoms with van der Waals surface area (Å²) in [7, 11) is 0. The Morgan fingerprint density at radius 3 is 2.35 bits per heavy atom. The molecule has 0 saturated carbocycles. The van der Waals surface area contributed by atoms with Gasteiger partial charge in [0.05, 0.1) is 17.8 Å². The van der Waals surface area contributed by atoms with Gasteiger partial charge in [-0.25, -0.2) is 4.79 Å². The maximum absolute atomic E-state index is 13.2. The number of hydrogen-bond acceptors (Lipinski definition) is 4. The second kappa shape index (κ2) is 9.84. The Balaban J connectivity index is 2.16. The number of amides is 1. The van der Waals surface area contributed by atoms with Gasteiger partial charge in [-0.1, -0.05) is 36.7 Å². The van der Waals surface area contributed by atoms with Crippen LogP contribution in [0.5, 0.6) is 0 Å². The molecule has 3 aromatic rings. The zero-order valence-electron chi connectivity index (χ0n) is 18.6. The number of aryl methyl sites for hydroxylation is 1. The van der Waals surface area contributed by atoms with Gasteiger partial charge in [-0.2, -0.15) is 23.0 Å². The first kappa shape index (κ1) is 25.2. The minimum Gasteiger partial charge on any atom is -0.348 e. The van der Waals surface area contributed by atoms with Crippen LogP contribution in [-0.4, -0.2) is 26.3 Å². The SMILES string of the molecule is CCC(C)NC(=O)c1nn(-c2ccc(C)c(Cl)c2)c(=O)n(Cc2ccc(C(F)(F)F)cc2)c1=O. The van der Waals surface area contributed by atoms with Crippen molar-refractivity contribution in [1.29, 1.82) is 0 Å². The lowest BCUT2D eigenvalue weighted by atomic mass is 10.1. The second-order valence-electron chi connectivity index (χ2n) is 7.85. The van der Waals surface area contributed by atoms with Crippen LogP contribution < -0.4 is 16.6 Å². The molecule has 0 radical (unpaired) electrons. The highest BCUT2D eigenvalue weighted by atomic mass is 35.5. The van der Waals surface area contributed by atoms with Gasteiger partial charge in [0, 0.05) is 11.1 Å². The van der Waals surface area contributed by atoms with E-state index >= 15 is 0 Å². The lowest BCUT2D eigenvalue weighted by Gasteiger charge is -2.15. The number of nitrogens with one attached hydrogen (secondary N) is 1. The van der Waals surface area contributed by atoms with Crippen LogP contribution in [0.1, 0.15) is 47.4 Å². The predicted molar refractivity (Wildman–Crippen MR) is 122 cm³/mol. The third-order valence-electron chi connectivity index (χ3n) is 5.29. The van der Waals surface area contributed by atoms with E-state index < -0.39 is 34.6 Å². The van der Waals surface area contributed by atoms with Crippen molar-refractivity contribution in [2.45, 2.75) is 46.0 Å². The van der Waals surface area contributed by atoms with Gasteiger partial charge in [0.15, 0.2) is 0 Å². The van der Waals surface area contributed by atoms with Crippen molar-refractivity contribution in [2.24, 2.45) is 0 Å². The summed E-state index contributed by atoms with van der Waals surface area (Å²) < 4.78 is 40.3. The molecule has 0 spiro atoms. The molecular weight excluding hydrogens is 473 g/mol. The summed E-state index contributed by atoms with van der Waals surface area (Å²) in [5.41, 5.74) is -1.99. The molecule has 0 bridgehead atoms. The first-order chi connectivity index (χ1) is 15.9. The van der Waals surface area contributed by atoms with Crippen molar-refractivity contribution < 1.29 is 18.0 Å². The van der Waals surface area contributed by atoms with Gasteiger partial charge in [0.2, 0.25) is 5.69 Å². The van der Waals surface area contributed by atoms with E-state index in [1.165, 1.54) is 18.2 Å². The zero-order valence-corrected chi connectivity index (χ0v) is 19.4. The lowest BCUT2D eigenvalue weighted by Crippen LogP contribution is -2.47. The summed E-state index contributed by atoms with van der Waals surface area (Å²) in [6.45, 7) is 4.99. The molecule has 1 N–H and O–H groups in total. The smallest absolute Gasteiger partial charge is 0.348 e. The Hall–Kier alpha value is -3.40. The summed E-state index contributed by atoms with van der Waals surface area (Å²) in [6, 6.07) is 8.46. The molecule has 0 saturated heterocycles. The highest BCUT2D eigenvalue weighted by molar-refractivity contribution is 6.31. The molecule has 7 nitrogen and oxygen atoms in total. The van der Waals surface area contributed by atoms with E-state index in [1.54, 1.807) is 26.0 Å². The minimum atomic E-state index is -4.52. The van der Waals surface area contributed by atoms with E-state index in [-0.39, 0.29) is 23.8 Å². The Labute approximate surface area is 197 Å². The summed E-state index contributed by atoms with van der Waals surface area (Å²) in [6.07, 6.45) is -3.93. The third-order valence-corrected chi connectivity index (χ3v) is 5.69. The number of rotatable bonds is 6. The number of alkyl halides is 3. The van der Waals surface area contributed by atoms with Crippen molar-refractivity contribution >= 4 is 17.5 Å². The van der Waals surface area contributed by atoms with Crippen molar-refractivity contribution in [3.8, 4) is 5.69 Å². The maximum Gasteiger partial charge on any atom is 0.416 e. The highest BCUT2D eigenvalue weighted by Gasteiger charge is 2.30. The average molecular weight is 495 g/mol. The Morgan fingerprint density at radius 2 is 1.79 bits per heavy atom. The monoisotopic (exact) mass is 494 g/mol. The Morgan fingerprint density at radius 1 is 1.15 bits per heavy atom. The molecule has 1 heterocycles. The third kappa shape index (κ3) is 5.39. The Bertz CT molecular complexity index is 1330. The van der Waals surface area contributed by atoms with Crippen LogP contribution >= 0.6 is 11.6 Å². The number of halogens is 4. The van der Waals surface area contributed by atoms with E-state index in [4.69, 9.17) is 11.6 Å². The van der Waals surface area contributed by atoms with Crippen LogP contribution in [0.3, 0.4) is 0 Å². The van der Waals surface area contributed by atoms with E-state index in [9.17, 15) is 27.6 Å². The molecule has 1 aromatic heterocycles. The first-order valence-electron chi connectivity index (χ1n) is 10.4. The molecule has 0 aliphatic rings. The van der Waals surface area contributed by atoms with Gasteiger partial charge < -0.3 is 5.32 Å². The maximum atomic E-state index is 13.2. The molecule has 1 unspecified atom stereocenters. The van der Waals surface area contributed by atoms with Gasteiger partial charge in [0.25, 0.3) is 11.5 Å². The molecule has 0 aliphatic heterocycles. The molecule has 2 aromatic carbocycles. The van der Waals surface area contributed by atoms with Crippen LogP contribution in [0.15, 0.2) is 52.1 Å². The number of benzene rings is 2. The fourth-order valence-corrected chi connectivity index (χ4v) is 3.23. The van der Waals surface area contributed by atoms with Gasteiger partial charge in [0.1, 0.15) is 0 Å². The van der Waals surface area contributed by atoms with Crippen LogP contribution in [0.4, 0.5) is 13.2 Å². The number of aromatic nitrogens is 3. The molecule has 1 amide bonds. The average Bonchev–Trinajstić information content (AvgIpc) is 2.78. The number of carbonyl (C=O) groups excluding carboxylic acids is 1. The van der Waals surface area contributed by atoms with Crippen LogP contribution in [-0.2, 0) is 12.7 Å². The topological polar surface area (TPSA) is 86.0 Å². The van der Waals surface area contributed by atoms with E-state index in [1.807, 2.05) is 6.92 Å². The second-order valence-corrected chi connectivity index (χ2v) is 8.25. The van der Waals surface area contributed by atoms with Crippen LogP contribution in [0, 0.1) is 6.92 Å². The Kier molecular flexibility index (Phi) is 7.30. The van der Waals surface area contributed by atoms with Crippen molar-refractivity contribution in [2.75, 3.05) is 0 Å². The number of nitrogens with zero attached hydrogens (tertiary/aromatic N) is 3. The summed E-state index contributed by atoms with van der Waals surface area (Å²) in [4.78, 5) is 39.0. The molecule has 180 valence electrons. The zero-order chi connectivity index (χ0) is 25.2. The first-order valence-corrected chi connectivity index (χ1v) is 10.8. The normalized spacial score (nSPS) is 12.4. The van der Waals surface area contributed by atoms with Crippen molar-refractivity contribution in [1.82, 2.24) is 19.7 Å². The quantitative estimate of drug-likeness (QED) is 0.562. The minimum absolute atomic E-state index is 0.222. The highest BCUT2D eigenvalue weighted by Crippen LogP contribution is 2.29. The molecule has 11 heteroatoms. The fourth-order valence-electron chi connectivity index (χ4n) is 3.05. The van der Waals surface area contributed by atoms with E-state index in [2.05, 4.69) is 10.4 Å². The van der Waals surface area contributed by atoms with Gasteiger partial charge in [-0.05, 0) is 55.7 Å². The molecule has 0 fully saturated rings. The van der Waals surface area contributed by atoms with Crippen molar-refractivity contribution in [3.05, 3.63) is 90.7 Å². The molecule has 34 heavy (non-hydrogen) atoms. The van der Waals surface area contributed by atoms with Gasteiger partial charge in [-0.3, -0.25) is 14.2 Å². The number of carbonyl (C=O) groups is 1. The van der Waals surface area contributed by atoms with Crippen molar-refractivity contribution in [3.63, 3.8) is 0 Å². The van der Waals surface area contributed by atoms with Crippen LogP contribution in [0.2, 0.25) is 5.02 Å². The molecule has 0 aliphatic carbocycles. The fraction of sp³-hybridized carbons (Fsp3) is 0.304. The molecular formula is C23H22ClF3N4O3. The van der Waals surface area contributed by atoms with Crippen LogP contribution in [0.25, 0.3) is 5.69 Å². The standard InChI is InChI=1S/C23H22ClF3N4O3/c1-4-14(3)28-20(32)19-21(33)30(12-15-6-8-16(9-7-15)23(25,26)27)22(34)31(29-19)17-10-5-13(2)18(24)11-17/h5-11,14H,4,12H2,1-3H3,(H,28,32). The van der Waals surface area contributed by atoms with Gasteiger partial charge >= 0.3 is 11.9 Å². The summed E-state index contributed by atoms with van der Waals surface area (Å²) in [5, 5.41) is 6.98. The number of hydrogen-bond donors (Lipinski definition) is 1. The van der Waals surface area contributed by atoms with Gasteiger partial charge in [-0.15, -0.1) is 0 Å². The molecule has 1 atom stereocenters.